The van der Waals surface area contributed by atoms with Crippen LogP contribution in [0.1, 0.15) is 39.0 Å². The lowest BCUT2D eigenvalue weighted by molar-refractivity contribution is -0.131. The maximum Gasteiger partial charge on any atom is 0.222 e. The number of carbonyl (C=O) groups excluding carboxylic acids is 1. The number of nitriles is 1. The molecular formula is C13H23N3O. The molecule has 96 valence electrons. The van der Waals surface area contributed by atoms with Gasteiger partial charge in [-0.05, 0) is 45.2 Å². The number of hydrogen-bond acceptors (Lipinski definition) is 3. The van der Waals surface area contributed by atoms with Crippen LogP contribution in [0.3, 0.4) is 0 Å². The third kappa shape index (κ3) is 4.74. The van der Waals surface area contributed by atoms with Crippen molar-refractivity contribution in [3.63, 3.8) is 0 Å². The highest BCUT2D eigenvalue weighted by Gasteiger charge is 2.18. The zero-order valence-corrected chi connectivity index (χ0v) is 10.9. The summed E-state index contributed by atoms with van der Waals surface area (Å²) in [6.45, 7) is 4.09. The molecule has 1 saturated heterocycles. The summed E-state index contributed by atoms with van der Waals surface area (Å²) in [7, 11) is 1.80. The molecule has 1 rings (SSSR count). The number of nitrogens with one attached hydrogen (secondary N) is 1. The first-order valence-electron chi connectivity index (χ1n) is 6.48. The summed E-state index contributed by atoms with van der Waals surface area (Å²) in [6.07, 6.45) is 4.39. The molecule has 4 nitrogen and oxygen atoms in total. The largest absolute Gasteiger partial charge is 0.342 e. The molecule has 1 N–H and O–H groups in total. The normalized spacial score (nSPS) is 18.4. The second kappa shape index (κ2) is 7.29. The Morgan fingerprint density at radius 2 is 2.18 bits per heavy atom. The Balaban J connectivity index is 2.26. The van der Waals surface area contributed by atoms with Gasteiger partial charge in [0.1, 0.15) is 0 Å². The first-order chi connectivity index (χ1) is 8.15. The average Bonchev–Trinajstić information content (AvgIpc) is 2.36. The summed E-state index contributed by atoms with van der Waals surface area (Å²) in [5, 5.41) is 11.9. The molecule has 1 amide bonds. The third-order valence-electron chi connectivity index (χ3n) is 3.67. The van der Waals surface area contributed by atoms with Gasteiger partial charge in [0.25, 0.3) is 0 Å². The zero-order valence-electron chi connectivity index (χ0n) is 10.9. The molecule has 1 aliphatic rings. The summed E-state index contributed by atoms with van der Waals surface area (Å²) in [4.78, 5) is 13.6. The van der Waals surface area contributed by atoms with Crippen LogP contribution in [-0.4, -0.2) is 37.0 Å². The quantitative estimate of drug-likeness (QED) is 0.789. The van der Waals surface area contributed by atoms with Gasteiger partial charge in [0.05, 0.1) is 12.5 Å². The molecule has 1 aliphatic heterocycles. The Kier molecular flexibility index (Phi) is 5.99. The van der Waals surface area contributed by atoms with Gasteiger partial charge >= 0.3 is 0 Å². The maximum atomic E-state index is 11.9. The Morgan fingerprint density at radius 3 is 2.76 bits per heavy atom. The van der Waals surface area contributed by atoms with E-state index in [2.05, 4.69) is 11.4 Å². The van der Waals surface area contributed by atoms with E-state index in [0.717, 1.165) is 19.5 Å². The van der Waals surface area contributed by atoms with E-state index < -0.39 is 0 Å². The summed E-state index contributed by atoms with van der Waals surface area (Å²) < 4.78 is 0. The van der Waals surface area contributed by atoms with E-state index in [4.69, 9.17) is 5.26 Å². The molecule has 0 radical (unpaired) electrons. The SMILES string of the molecule is CC(CC#N)N(C)C(=O)CCC1CCNCC1. The van der Waals surface area contributed by atoms with Crippen LogP contribution in [0.2, 0.25) is 0 Å². The Morgan fingerprint density at radius 1 is 1.53 bits per heavy atom. The fourth-order valence-corrected chi connectivity index (χ4v) is 2.19. The standard InChI is InChI=1S/C13H23N3O/c1-11(5-8-14)16(2)13(17)4-3-12-6-9-15-10-7-12/h11-12,15H,3-7,9-10H2,1-2H3. The smallest absolute Gasteiger partial charge is 0.222 e. The van der Waals surface area contributed by atoms with E-state index in [0.29, 0.717) is 18.8 Å². The van der Waals surface area contributed by atoms with Crippen molar-refractivity contribution >= 4 is 5.91 Å². The zero-order chi connectivity index (χ0) is 12.7. The molecule has 1 atom stereocenters. The van der Waals surface area contributed by atoms with Gasteiger partial charge in [-0.3, -0.25) is 4.79 Å². The highest BCUT2D eigenvalue weighted by Crippen LogP contribution is 2.18. The fraction of sp³-hybridized carbons (Fsp3) is 0.846. The van der Waals surface area contributed by atoms with Crippen molar-refractivity contribution in [1.29, 1.82) is 5.26 Å². The lowest BCUT2D eigenvalue weighted by atomic mass is 9.93. The number of amides is 1. The molecule has 1 heterocycles. The monoisotopic (exact) mass is 237 g/mol. The first kappa shape index (κ1) is 14.0. The van der Waals surface area contributed by atoms with Crippen molar-refractivity contribution < 1.29 is 4.79 Å². The van der Waals surface area contributed by atoms with Crippen molar-refractivity contribution in [2.24, 2.45) is 5.92 Å². The van der Waals surface area contributed by atoms with E-state index in [1.807, 2.05) is 6.92 Å². The number of rotatable bonds is 5. The highest BCUT2D eigenvalue weighted by atomic mass is 16.2. The van der Waals surface area contributed by atoms with Crippen molar-refractivity contribution in [3.05, 3.63) is 0 Å². The lowest BCUT2D eigenvalue weighted by Crippen LogP contribution is -2.35. The van der Waals surface area contributed by atoms with Crippen molar-refractivity contribution in [2.75, 3.05) is 20.1 Å². The van der Waals surface area contributed by atoms with Gasteiger partial charge in [-0.25, -0.2) is 0 Å². The summed E-state index contributed by atoms with van der Waals surface area (Å²) in [5.41, 5.74) is 0. The molecule has 0 aliphatic carbocycles. The molecule has 0 aromatic rings. The molecule has 17 heavy (non-hydrogen) atoms. The average molecular weight is 237 g/mol. The van der Waals surface area contributed by atoms with Crippen LogP contribution >= 0.6 is 0 Å². The molecule has 0 saturated carbocycles. The van der Waals surface area contributed by atoms with Gasteiger partial charge in [0.2, 0.25) is 5.91 Å². The van der Waals surface area contributed by atoms with E-state index in [9.17, 15) is 4.79 Å². The van der Waals surface area contributed by atoms with E-state index in [1.165, 1.54) is 12.8 Å². The van der Waals surface area contributed by atoms with Gasteiger partial charge in [0.15, 0.2) is 0 Å². The van der Waals surface area contributed by atoms with Crippen LogP contribution in [0.15, 0.2) is 0 Å². The van der Waals surface area contributed by atoms with Crippen LogP contribution in [0.4, 0.5) is 0 Å². The molecule has 0 aromatic heterocycles. The molecular weight excluding hydrogens is 214 g/mol. The summed E-state index contributed by atoms with van der Waals surface area (Å²) in [6, 6.07) is 2.13. The Hall–Kier alpha value is -1.08. The molecule has 1 unspecified atom stereocenters. The van der Waals surface area contributed by atoms with Crippen molar-refractivity contribution in [3.8, 4) is 6.07 Å². The fourth-order valence-electron chi connectivity index (χ4n) is 2.19. The van der Waals surface area contributed by atoms with Crippen LogP contribution in [0.5, 0.6) is 0 Å². The molecule has 0 aromatic carbocycles. The second-order valence-corrected chi connectivity index (χ2v) is 4.95. The van der Waals surface area contributed by atoms with Crippen LogP contribution < -0.4 is 5.32 Å². The van der Waals surface area contributed by atoms with E-state index in [1.54, 1.807) is 11.9 Å². The Labute approximate surface area is 104 Å². The predicted molar refractivity (Wildman–Crippen MR) is 67.3 cm³/mol. The Bertz CT molecular complexity index is 279. The topological polar surface area (TPSA) is 56.1 Å². The van der Waals surface area contributed by atoms with Crippen LogP contribution in [-0.2, 0) is 4.79 Å². The molecule has 0 bridgehead atoms. The number of hydrogen-bond donors (Lipinski definition) is 1. The molecule has 4 heteroatoms. The third-order valence-corrected chi connectivity index (χ3v) is 3.67. The summed E-state index contributed by atoms with van der Waals surface area (Å²) >= 11 is 0. The second-order valence-electron chi connectivity index (χ2n) is 4.95. The van der Waals surface area contributed by atoms with Crippen LogP contribution in [0.25, 0.3) is 0 Å². The molecule has 1 fully saturated rings. The van der Waals surface area contributed by atoms with Gasteiger partial charge < -0.3 is 10.2 Å². The number of nitrogens with zero attached hydrogens (tertiary/aromatic N) is 2. The van der Waals surface area contributed by atoms with Gasteiger partial charge in [-0.15, -0.1) is 0 Å². The summed E-state index contributed by atoms with van der Waals surface area (Å²) in [5.74, 6) is 0.867. The minimum atomic E-state index is 0.0283. The minimum absolute atomic E-state index is 0.0283. The van der Waals surface area contributed by atoms with Gasteiger partial charge in [-0.2, -0.15) is 5.26 Å². The van der Waals surface area contributed by atoms with Gasteiger partial charge in [0, 0.05) is 19.5 Å². The van der Waals surface area contributed by atoms with Gasteiger partial charge in [-0.1, -0.05) is 0 Å². The van der Waals surface area contributed by atoms with E-state index >= 15 is 0 Å². The van der Waals surface area contributed by atoms with Crippen molar-refractivity contribution in [1.82, 2.24) is 10.2 Å². The van der Waals surface area contributed by atoms with Crippen molar-refractivity contribution in [2.45, 2.75) is 45.1 Å². The first-order valence-corrected chi connectivity index (χ1v) is 6.48. The van der Waals surface area contributed by atoms with E-state index in [-0.39, 0.29) is 11.9 Å². The maximum absolute atomic E-state index is 11.9. The molecule has 0 spiro atoms. The number of carbonyl (C=O) groups is 1. The number of piperidine rings is 1. The predicted octanol–water partition coefficient (Wildman–Crippen LogP) is 1.53. The van der Waals surface area contributed by atoms with Crippen LogP contribution in [0, 0.1) is 17.2 Å². The highest BCUT2D eigenvalue weighted by molar-refractivity contribution is 5.76. The lowest BCUT2D eigenvalue weighted by Gasteiger charge is -2.26. The minimum Gasteiger partial charge on any atom is -0.342 e.